The number of hydrogen-bond acceptors (Lipinski definition) is 5. The summed E-state index contributed by atoms with van der Waals surface area (Å²) in [6.45, 7) is 8.67. The predicted octanol–water partition coefficient (Wildman–Crippen LogP) is 2.31. The van der Waals surface area contributed by atoms with Gasteiger partial charge in [-0.25, -0.2) is 8.42 Å². The first-order valence-corrected chi connectivity index (χ1v) is 10.5. The second-order valence-electron chi connectivity index (χ2n) is 7.25. The van der Waals surface area contributed by atoms with E-state index in [1.807, 2.05) is 19.9 Å². The summed E-state index contributed by atoms with van der Waals surface area (Å²) in [7, 11) is -3.14. The molecule has 1 fully saturated rings. The SMILES string of the molecule is Cc1cc(C(=O)COC(=O)C2CCS(=O)(=O)C2)c(C)n1CCC(C)C. The standard InChI is InChI=1S/C18H27NO5S/c1-12(2)5-7-19-13(3)9-16(14(19)4)17(20)10-24-18(21)15-6-8-25(22,23)11-15/h9,12,15H,5-8,10-11H2,1-4H3. The lowest BCUT2D eigenvalue weighted by atomic mass is 10.1. The second-order valence-corrected chi connectivity index (χ2v) is 9.48. The molecular formula is C18H27NO5S. The zero-order chi connectivity index (χ0) is 18.8. The van der Waals surface area contributed by atoms with Crippen LogP contribution in [0.2, 0.25) is 0 Å². The minimum absolute atomic E-state index is 0.0116. The third-order valence-electron chi connectivity index (χ3n) is 4.72. The van der Waals surface area contributed by atoms with Gasteiger partial charge in [-0.3, -0.25) is 9.59 Å². The van der Waals surface area contributed by atoms with Crippen molar-refractivity contribution in [2.75, 3.05) is 18.1 Å². The maximum atomic E-state index is 12.4. The molecule has 1 unspecified atom stereocenters. The van der Waals surface area contributed by atoms with Crippen LogP contribution in [0.3, 0.4) is 0 Å². The molecule has 1 aromatic rings. The molecule has 2 rings (SSSR count). The zero-order valence-corrected chi connectivity index (χ0v) is 16.2. The fourth-order valence-electron chi connectivity index (χ4n) is 3.13. The third kappa shape index (κ3) is 4.93. The van der Waals surface area contributed by atoms with Crippen LogP contribution in [0.15, 0.2) is 6.07 Å². The van der Waals surface area contributed by atoms with Gasteiger partial charge in [-0.05, 0) is 38.7 Å². The maximum Gasteiger partial charge on any atom is 0.310 e. The average molecular weight is 369 g/mol. The molecule has 0 radical (unpaired) electrons. The van der Waals surface area contributed by atoms with Gasteiger partial charge in [-0.15, -0.1) is 0 Å². The number of hydrogen-bond donors (Lipinski definition) is 0. The smallest absolute Gasteiger partial charge is 0.310 e. The first-order valence-electron chi connectivity index (χ1n) is 8.67. The van der Waals surface area contributed by atoms with Gasteiger partial charge in [0.15, 0.2) is 16.4 Å². The van der Waals surface area contributed by atoms with Crippen molar-refractivity contribution in [2.24, 2.45) is 11.8 Å². The Morgan fingerprint density at radius 3 is 2.56 bits per heavy atom. The van der Waals surface area contributed by atoms with Crippen molar-refractivity contribution in [2.45, 2.75) is 47.1 Å². The van der Waals surface area contributed by atoms with Crippen molar-refractivity contribution in [1.82, 2.24) is 4.57 Å². The number of aromatic nitrogens is 1. The Kier molecular flexibility index (Phi) is 6.08. The fraction of sp³-hybridized carbons (Fsp3) is 0.667. The number of esters is 1. The van der Waals surface area contributed by atoms with Crippen molar-refractivity contribution in [3.8, 4) is 0 Å². The van der Waals surface area contributed by atoms with E-state index in [1.165, 1.54) is 0 Å². The molecule has 0 amide bonds. The van der Waals surface area contributed by atoms with Crippen molar-refractivity contribution < 1.29 is 22.7 Å². The molecule has 25 heavy (non-hydrogen) atoms. The average Bonchev–Trinajstić information content (AvgIpc) is 3.02. The molecule has 0 aliphatic carbocycles. The topological polar surface area (TPSA) is 82.4 Å². The molecule has 0 saturated carbocycles. The lowest BCUT2D eigenvalue weighted by Crippen LogP contribution is -2.22. The molecule has 6 nitrogen and oxygen atoms in total. The Hall–Kier alpha value is -1.63. The Morgan fingerprint density at radius 1 is 1.32 bits per heavy atom. The van der Waals surface area contributed by atoms with Crippen molar-refractivity contribution in [1.29, 1.82) is 0 Å². The van der Waals surface area contributed by atoms with E-state index in [-0.39, 0.29) is 30.3 Å². The molecule has 0 bridgehead atoms. The van der Waals surface area contributed by atoms with Gasteiger partial charge in [0.2, 0.25) is 5.78 Å². The quantitative estimate of drug-likeness (QED) is 0.544. The minimum Gasteiger partial charge on any atom is -0.457 e. The highest BCUT2D eigenvalue weighted by molar-refractivity contribution is 7.91. The minimum atomic E-state index is -3.14. The molecule has 1 aliphatic heterocycles. The lowest BCUT2D eigenvalue weighted by molar-refractivity contribution is -0.146. The van der Waals surface area contributed by atoms with E-state index in [2.05, 4.69) is 18.4 Å². The summed E-state index contributed by atoms with van der Waals surface area (Å²) in [6, 6.07) is 1.83. The highest BCUT2D eigenvalue weighted by Gasteiger charge is 2.34. The number of Topliss-reactive ketones (excluding diaryl/α,β-unsaturated/α-hetero) is 1. The number of rotatable bonds is 7. The van der Waals surface area contributed by atoms with E-state index in [1.54, 1.807) is 0 Å². The Balaban J connectivity index is 1.97. The molecule has 1 aromatic heterocycles. The molecule has 7 heteroatoms. The van der Waals surface area contributed by atoms with Crippen LogP contribution in [0.25, 0.3) is 0 Å². The first kappa shape index (κ1) is 19.7. The number of ketones is 1. The molecular weight excluding hydrogens is 342 g/mol. The van der Waals surface area contributed by atoms with Crippen LogP contribution in [0.5, 0.6) is 0 Å². The van der Waals surface area contributed by atoms with E-state index in [0.717, 1.165) is 24.4 Å². The Morgan fingerprint density at radius 2 is 2.00 bits per heavy atom. The van der Waals surface area contributed by atoms with Gasteiger partial charge in [-0.1, -0.05) is 13.8 Å². The number of carbonyl (C=O) groups excluding carboxylic acids is 2. The van der Waals surface area contributed by atoms with Gasteiger partial charge < -0.3 is 9.30 Å². The molecule has 0 aromatic carbocycles. The molecule has 0 spiro atoms. The predicted molar refractivity (Wildman–Crippen MR) is 95.4 cm³/mol. The van der Waals surface area contributed by atoms with Crippen molar-refractivity contribution in [3.05, 3.63) is 23.0 Å². The maximum absolute atomic E-state index is 12.4. The number of aryl methyl sites for hydroxylation is 1. The fourth-order valence-corrected chi connectivity index (χ4v) is 4.85. The Bertz CT molecular complexity index is 761. The molecule has 1 aliphatic rings. The van der Waals surface area contributed by atoms with E-state index >= 15 is 0 Å². The molecule has 2 heterocycles. The number of sulfone groups is 1. The summed E-state index contributed by atoms with van der Waals surface area (Å²) in [4.78, 5) is 24.4. The van der Waals surface area contributed by atoms with E-state index in [4.69, 9.17) is 4.74 Å². The lowest BCUT2D eigenvalue weighted by Gasteiger charge is -2.11. The van der Waals surface area contributed by atoms with Crippen LogP contribution < -0.4 is 0 Å². The van der Waals surface area contributed by atoms with Crippen molar-refractivity contribution >= 4 is 21.6 Å². The third-order valence-corrected chi connectivity index (χ3v) is 6.48. The summed E-state index contributed by atoms with van der Waals surface area (Å²) in [5, 5.41) is 0. The summed E-state index contributed by atoms with van der Waals surface area (Å²) >= 11 is 0. The highest BCUT2D eigenvalue weighted by atomic mass is 32.2. The summed E-state index contributed by atoms with van der Waals surface area (Å²) in [5.41, 5.74) is 2.45. The van der Waals surface area contributed by atoms with Crippen molar-refractivity contribution in [3.63, 3.8) is 0 Å². The zero-order valence-electron chi connectivity index (χ0n) is 15.4. The van der Waals surface area contributed by atoms with Gasteiger partial charge in [-0.2, -0.15) is 0 Å². The van der Waals surface area contributed by atoms with Gasteiger partial charge in [0.25, 0.3) is 0 Å². The van der Waals surface area contributed by atoms with Gasteiger partial charge in [0.1, 0.15) is 0 Å². The summed E-state index contributed by atoms with van der Waals surface area (Å²) < 4.78 is 30.0. The van der Waals surface area contributed by atoms with Crippen LogP contribution in [0, 0.1) is 25.7 Å². The van der Waals surface area contributed by atoms with Gasteiger partial charge in [0.05, 0.1) is 17.4 Å². The largest absolute Gasteiger partial charge is 0.457 e. The highest BCUT2D eigenvalue weighted by Crippen LogP contribution is 2.21. The number of ether oxygens (including phenoxy) is 1. The number of nitrogens with zero attached hydrogens (tertiary/aromatic N) is 1. The summed E-state index contributed by atoms with van der Waals surface area (Å²) in [5.74, 6) is -1.08. The van der Waals surface area contributed by atoms with Crippen LogP contribution >= 0.6 is 0 Å². The monoisotopic (exact) mass is 369 g/mol. The number of carbonyl (C=O) groups is 2. The summed E-state index contributed by atoms with van der Waals surface area (Å²) in [6.07, 6.45) is 1.30. The van der Waals surface area contributed by atoms with Crippen LogP contribution in [-0.4, -0.2) is 42.9 Å². The molecule has 0 N–H and O–H groups in total. The van der Waals surface area contributed by atoms with Crippen LogP contribution in [0.4, 0.5) is 0 Å². The van der Waals surface area contributed by atoms with Gasteiger partial charge >= 0.3 is 5.97 Å². The molecule has 1 saturated heterocycles. The normalized spacial score (nSPS) is 19.3. The van der Waals surface area contributed by atoms with E-state index < -0.39 is 21.7 Å². The Labute approximate surface area is 149 Å². The molecule has 140 valence electrons. The first-order chi connectivity index (χ1) is 11.6. The van der Waals surface area contributed by atoms with Crippen LogP contribution in [-0.2, 0) is 25.9 Å². The molecule has 1 atom stereocenters. The second kappa shape index (κ2) is 7.72. The van der Waals surface area contributed by atoms with Crippen LogP contribution in [0.1, 0.15) is 48.4 Å². The van der Waals surface area contributed by atoms with Gasteiger partial charge in [0, 0.05) is 23.5 Å². The van der Waals surface area contributed by atoms with E-state index in [0.29, 0.717) is 11.5 Å². The van der Waals surface area contributed by atoms with E-state index in [9.17, 15) is 18.0 Å².